The minimum absolute atomic E-state index is 0.00218. The third-order valence-electron chi connectivity index (χ3n) is 4.65. The highest BCUT2D eigenvalue weighted by molar-refractivity contribution is 5.94. The van der Waals surface area contributed by atoms with Gasteiger partial charge in [0.05, 0.1) is 17.8 Å². The van der Waals surface area contributed by atoms with Crippen LogP contribution in [0.3, 0.4) is 0 Å². The van der Waals surface area contributed by atoms with Gasteiger partial charge in [-0.05, 0) is 12.5 Å². The van der Waals surface area contributed by atoms with Crippen LogP contribution in [0.2, 0.25) is 0 Å². The smallest absolute Gasteiger partial charge is 0.254 e. The van der Waals surface area contributed by atoms with Crippen molar-refractivity contribution in [3.63, 3.8) is 0 Å². The van der Waals surface area contributed by atoms with Crippen molar-refractivity contribution in [3.05, 3.63) is 48.1 Å². The Morgan fingerprint density at radius 1 is 1.40 bits per heavy atom. The highest BCUT2D eigenvalue weighted by Gasteiger charge is 2.37. The molecule has 0 aromatic carbocycles. The van der Waals surface area contributed by atoms with E-state index in [1.54, 1.807) is 18.1 Å². The predicted molar refractivity (Wildman–Crippen MR) is 88.0 cm³/mol. The van der Waals surface area contributed by atoms with Gasteiger partial charge in [-0.3, -0.25) is 14.6 Å². The molecule has 0 bridgehead atoms. The minimum atomic E-state index is -0.656. The maximum Gasteiger partial charge on any atom is 0.254 e. The standard InChI is InChI=1S/C17H20FN5O2/c1-22-8-7-20-16(22)15-11(3-4-14(24)23(15)2)9-21-17(25)12-5-6-19-10-13(12)18/h5-8,10-11,15H,3-4,9H2,1-2H3,(H,21,25)/t11-,15+/m1/s1. The Labute approximate surface area is 144 Å². The number of aryl methyl sites for hydroxylation is 1. The number of piperidine rings is 1. The summed E-state index contributed by atoms with van der Waals surface area (Å²) >= 11 is 0. The van der Waals surface area contributed by atoms with Gasteiger partial charge in [0.1, 0.15) is 5.82 Å². The van der Waals surface area contributed by atoms with Crippen LogP contribution in [0.5, 0.6) is 0 Å². The third-order valence-corrected chi connectivity index (χ3v) is 4.65. The first-order valence-electron chi connectivity index (χ1n) is 8.09. The number of aromatic nitrogens is 3. The fourth-order valence-electron chi connectivity index (χ4n) is 3.25. The molecular formula is C17H20FN5O2. The molecule has 0 spiro atoms. The van der Waals surface area contributed by atoms with E-state index in [2.05, 4.69) is 15.3 Å². The number of rotatable bonds is 4. The second-order valence-electron chi connectivity index (χ2n) is 6.21. The highest BCUT2D eigenvalue weighted by Crippen LogP contribution is 2.34. The summed E-state index contributed by atoms with van der Waals surface area (Å²) in [6.07, 6.45) is 6.95. The van der Waals surface area contributed by atoms with E-state index in [9.17, 15) is 14.0 Å². The molecule has 7 nitrogen and oxygen atoms in total. The van der Waals surface area contributed by atoms with Crippen LogP contribution in [-0.4, -0.2) is 44.8 Å². The summed E-state index contributed by atoms with van der Waals surface area (Å²) in [5.41, 5.74) is -0.0382. The van der Waals surface area contributed by atoms with Crippen LogP contribution in [0.1, 0.15) is 35.1 Å². The van der Waals surface area contributed by atoms with Gasteiger partial charge < -0.3 is 14.8 Å². The molecule has 3 rings (SSSR count). The quantitative estimate of drug-likeness (QED) is 0.906. The van der Waals surface area contributed by atoms with Crippen molar-refractivity contribution in [2.24, 2.45) is 13.0 Å². The number of nitrogens with zero attached hydrogens (tertiary/aromatic N) is 4. The molecule has 1 aliphatic rings. The monoisotopic (exact) mass is 345 g/mol. The Kier molecular flexibility index (Phi) is 4.78. The molecule has 1 aliphatic heterocycles. The van der Waals surface area contributed by atoms with Crippen molar-refractivity contribution in [1.82, 2.24) is 24.8 Å². The average Bonchev–Trinajstić information content (AvgIpc) is 3.01. The van der Waals surface area contributed by atoms with E-state index < -0.39 is 11.7 Å². The Balaban J connectivity index is 1.76. The van der Waals surface area contributed by atoms with E-state index in [0.717, 1.165) is 12.0 Å². The lowest BCUT2D eigenvalue weighted by Crippen LogP contribution is -2.45. The van der Waals surface area contributed by atoms with Gasteiger partial charge in [0.25, 0.3) is 5.91 Å². The number of hydrogen-bond donors (Lipinski definition) is 1. The van der Waals surface area contributed by atoms with Crippen LogP contribution in [0.25, 0.3) is 0 Å². The lowest BCUT2D eigenvalue weighted by Gasteiger charge is -2.38. The Morgan fingerprint density at radius 3 is 2.88 bits per heavy atom. The Morgan fingerprint density at radius 2 is 2.20 bits per heavy atom. The molecule has 1 saturated heterocycles. The van der Waals surface area contributed by atoms with Gasteiger partial charge in [-0.1, -0.05) is 0 Å². The zero-order chi connectivity index (χ0) is 18.0. The number of halogens is 1. The molecule has 25 heavy (non-hydrogen) atoms. The third kappa shape index (κ3) is 3.38. The van der Waals surface area contributed by atoms with E-state index in [0.29, 0.717) is 19.4 Å². The number of likely N-dealkylation sites (tertiary alicyclic amines) is 1. The van der Waals surface area contributed by atoms with Crippen molar-refractivity contribution in [2.75, 3.05) is 13.6 Å². The maximum absolute atomic E-state index is 13.7. The lowest BCUT2D eigenvalue weighted by molar-refractivity contribution is -0.137. The molecule has 2 aromatic heterocycles. The van der Waals surface area contributed by atoms with Gasteiger partial charge in [-0.15, -0.1) is 0 Å². The summed E-state index contributed by atoms with van der Waals surface area (Å²) in [6.45, 7) is 0.329. The van der Waals surface area contributed by atoms with Crippen LogP contribution in [0.15, 0.2) is 30.9 Å². The predicted octanol–water partition coefficient (Wildman–Crippen LogP) is 1.29. The normalized spacial score (nSPS) is 20.6. The number of imidazole rings is 1. The largest absolute Gasteiger partial charge is 0.352 e. The fraction of sp³-hybridized carbons (Fsp3) is 0.412. The molecule has 0 radical (unpaired) electrons. The first-order chi connectivity index (χ1) is 12.0. The van der Waals surface area contributed by atoms with E-state index >= 15 is 0 Å². The maximum atomic E-state index is 13.7. The van der Waals surface area contributed by atoms with E-state index in [4.69, 9.17) is 0 Å². The summed E-state index contributed by atoms with van der Waals surface area (Å²) in [7, 11) is 3.62. The summed E-state index contributed by atoms with van der Waals surface area (Å²) in [6, 6.07) is 1.11. The Hall–Kier alpha value is -2.77. The molecule has 0 aliphatic carbocycles. The topological polar surface area (TPSA) is 80.1 Å². The summed E-state index contributed by atoms with van der Waals surface area (Å²) < 4.78 is 15.6. The van der Waals surface area contributed by atoms with Gasteiger partial charge in [0.15, 0.2) is 5.82 Å². The van der Waals surface area contributed by atoms with E-state index in [1.165, 1.54) is 12.3 Å². The molecule has 1 N–H and O–H groups in total. The van der Waals surface area contributed by atoms with Gasteiger partial charge in [0.2, 0.25) is 5.91 Å². The van der Waals surface area contributed by atoms with Gasteiger partial charge in [-0.25, -0.2) is 9.37 Å². The number of amides is 2. The second kappa shape index (κ2) is 7.00. The van der Waals surface area contributed by atoms with Crippen LogP contribution < -0.4 is 5.32 Å². The molecule has 1 fully saturated rings. The number of nitrogens with one attached hydrogen (secondary N) is 1. The van der Waals surface area contributed by atoms with E-state index in [-0.39, 0.29) is 23.4 Å². The molecule has 2 amide bonds. The number of hydrogen-bond acceptors (Lipinski definition) is 4. The van der Waals surface area contributed by atoms with Gasteiger partial charge >= 0.3 is 0 Å². The Bertz CT molecular complexity index is 791. The fourth-order valence-corrected chi connectivity index (χ4v) is 3.25. The SMILES string of the molecule is CN1C(=O)CC[C@H](CNC(=O)c2ccncc2F)[C@H]1c1nccn1C. The zero-order valence-corrected chi connectivity index (χ0v) is 14.1. The van der Waals surface area contributed by atoms with E-state index in [1.807, 2.05) is 17.8 Å². The molecule has 0 saturated carbocycles. The number of pyridine rings is 1. The van der Waals surface area contributed by atoms with Crippen molar-refractivity contribution in [3.8, 4) is 0 Å². The average molecular weight is 345 g/mol. The molecule has 132 valence electrons. The van der Waals surface area contributed by atoms with Crippen LogP contribution in [0, 0.1) is 11.7 Å². The van der Waals surface area contributed by atoms with Crippen molar-refractivity contribution in [2.45, 2.75) is 18.9 Å². The summed E-state index contributed by atoms with van der Waals surface area (Å²) in [5.74, 6) is -0.326. The van der Waals surface area contributed by atoms with Crippen molar-refractivity contribution >= 4 is 11.8 Å². The number of carbonyl (C=O) groups excluding carboxylic acids is 2. The second-order valence-corrected chi connectivity index (χ2v) is 6.21. The van der Waals surface area contributed by atoms with Gasteiger partial charge in [-0.2, -0.15) is 0 Å². The van der Waals surface area contributed by atoms with Crippen LogP contribution >= 0.6 is 0 Å². The summed E-state index contributed by atoms with van der Waals surface area (Å²) in [5, 5.41) is 2.77. The van der Waals surface area contributed by atoms with Crippen LogP contribution in [0.4, 0.5) is 4.39 Å². The highest BCUT2D eigenvalue weighted by atomic mass is 19.1. The molecular weight excluding hydrogens is 325 g/mol. The first kappa shape index (κ1) is 17.1. The molecule has 0 unspecified atom stereocenters. The lowest BCUT2D eigenvalue weighted by atomic mass is 9.88. The summed E-state index contributed by atoms with van der Waals surface area (Å²) in [4.78, 5) is 34.0. The molecule has 3 heterocycles. The zero-order valence-electron chi connectivity index (χ0n) is 14.1. The van der Waals surface area contributed by atoms with Crippen molar-refractivity contribution < 1.29 is 14.0 Å². The minimum Gasteiger partial charge on any atom is -0.352 e. The molecule has 2 atom stereocenters. The molecule has 8 heteroatoms. The first-order valence-corrected chi connectivity index (χ1v) is 8.09. The molecule has 2 aromatic rings. The number of carbonyl (C=O) groups is 2. The van der Waals surface area contributed by atoms with Gasteiger partial charge in [0, 0.05) is 51.6 Å². The van der Waals surface area contributed by atoms with Crippen molar-refractivity contribution in [1.29, 1.82) is 0 Å². The van der Waals surface area contributed by atoms with Crippen LogP contribution in [-0.2, 0) is 11.8 Å².